The van der Waals surface area contributed by atoms with Crippen LogP contribution in [0.1, 0.15) is 11.1 Å². The molecule has 2 N–H and O–H groups in total. The van der Waals surface area contributed by atoms with Gasteiger partial charge in [0.1, 0.15) is 11.5 Å². The number of amides is 2. The van der Waals surface area contributed by atoms with E-state index >= 15 is 0 Å². The lowest BCUT2D eigenvalue weighted by Crippen LogP contribution is -2.43. The van der Waals surface area contributed by atoms with Gasteiger partial charge in [-0.3, -0.25) is 20.4 Å². The molecule has 6 nitrogen and oxygen atoms in total. The van der Waals surface area contributed by atoms with Gasteiger partial charge < -0.3 is 9.47 Å². The first-order valence-corrected chi connectivity index (χ1v) is 9.75. The average Bonchev–Trinajstić information content (AvgIpc) is 2.81. The molecule has 3 rings (SSSR count). The average molecular weight is 416 g/mol. The monoisotopic (exact) mass is 416 g/mol. The van der Waals surface area contributed by atoms with E-state index in [9.17, 15) is 9.59 Å². The summed E-state index contributed by atoms with van der Waals surface area (Å²) in [6, 6.07) is 22.9. The third-order valence-corrected chi connectivity index (χ3v) is 4.46. The summed E-state index contributed by atoms with van der Waals surface area (Å²) < 4.78 is 10.9. The molecule has 0 unspecified atom stereocenters. The molecule has 0 aliphatic heterocycles. The number of aryl methyl sites for hydroxylation is 1. The molecule has 2 amide bonds. The van der Waals surface area contributed by atoms with Gasteiger partial charge in [0.05, 0.1) is 7.11 Å². The Morgan fingerprint density at radius 2 is 1.65 bits per heavy atom. The van der Waals surface area contributed by atoms with E-state index in [1.807, 2.05) is 73.7 Å². The van der Waals surface area contributed by atoms with Gasteiger partial charge in [-0.05, 0) is 36.8 Å². The normalized spacial score (nSPS) is 10.5. The SMILES string of the molecule is COc1ccc(C)cc1/C=C/C(=O)NNC(=O)COc1ccccc1-c1ccccc1. The van der Waals surface area contributed by atoms with Gasteiger partial charge in [0, 0.05) is 17.2 Å². The molecule has 3 aromatic rings. The maximum absolute atomic E-state index is 12.1. The van der Waals surface area contributed by atoms with Gasteiger partial charge in [-0.2, -0.15) is 0 Å². The van der Waals surface area contributed by atoms with Gasteiger partial charge >= 0.3 is 0 Å². The Labute approximate surface area is 181 Å². The predicted octanol–water partition coefficient (Wildman–Crippen LogP) is 3.91. The summed E-state index contributed by atoms with van der Waals surface area (Å²) in [5.41, 5.74) is 8.37. The molecule has 0 radical (unpaired) electrons. The van der Waals surface area contributed by atoms with Gasteiger partial charge in [-0.1, -0.05) is 60.2 Å². The van der Waals surface area contributed by atoms with Crippen LogP contribution in [0.2, 0.25) is 0 Å². The van der Waals surface area contributed by atoms with E-state index in [-0.39, 0.29) is 6.61 Å². The minimum absolute atomic E-state index is 0.237. The van der Waals surface area contributed by atoms with Crippen LogP contribution < -0.4 is 20.3 Å². The Bertz CT molecular complexity index is 1080. The Morgan fingerprint density at radius 3 is 2.42 bits per heavy atom. The first kappa shape index (κ1) is 21.6. The van der Waals surface area contributed by atoms with Crippen molar-refractivity contribution in [3.05, 3.63) is 90.0 Å². The number of ether oxygens (including phenoxy) is 2. The lowest BCUT2D eigenvalue weighted by Gasteiger charge is -2.12. The molecule has 31 heavy (non-hydrogen) atoms. The fourth-order valence-electron chi connectivity index (χ4n) is 2.95. The summed E-state index contributed by atoms with van der Waals surface area (Å²) in [5, 5.41) is 0. The van der Waals surface area contributed by atoms with Gasteiger partial charge in [0.2, 0.25) is 0 Å². The molecule has 0 atom stereocenters. The zero-order chi connectivity index (χ0) is 22.1. The third kappa shape index (κ3) is 6.21. The van der Waals surface area contributed by atoms with Crippen molar-refractivity contribution in [2.24, 2.45) is 0 Å². The number of carbonyl (C=O) groups excluding carboxylic acids is 2. The number of rotatable bonds is 7. The van der Waals surface area contributed by atoms with Crippen LogP contribution in [0, 0.1) is 6.92 Å². The van der Waals surface area contributed by atoms with Crippen molar-refractivity contribution in [3.63, 3.8) is 0 Å². The van der Waals surface area contributed by atoms with Crippen LogP contribution in [-0.2, 0) is 9.59 Å². The number of carbonyl (C=O) groups is 2. The minimum atomic E-state index is -0.474. The second kappa shape index (κ2) is 10.6. The summed E-state index contributed by atoms with van der Waals surface area (Å²) in [4.78, 5) is 24.1. The van der Waals surface area contributed by atoms with Crippen LogP contribution in [0.15, 0.2) is 78.9 Å². The smallest absolute Gasteiger partial charge is 0.276 e. The van der Waals surface area contributed by atoms with E-state index in [1.165, 1.54) is 6.08 Å². The fraction of sp³-hybridized carbons (Fsp3) is 0.120. The molecule has 0 aliphatic rings. The van der Waals surface area contributed by atoms with Crippen LogP contribution in [0.5, 0.6) is 11.5 Å². The number of hydrogen-bond acceptors (Lipinski definition) is 4. The molecule has 0 spiro atoms. The zero-order valence-corrected chi connectivity index (χ0v) is 17.4. The highest BCUT2D eigenvalue weighted by Crippen LogP contribution is 2.29. The summed E-state index contributed by atoms with van der Waals surface area (Å²) in [6.45, 7) is 1.71. The number of benzene rings is 3. The molecule has 0 heterocycles. The highest BCUT2D eigenvalue weighted by Gasteiger charge is 2.09. The molecular weight excluding hydrogens is 392 g/mol. The van der Waals surface area contributed by atoms with Crippen molar-refractivity contribution in [1.82, 2.24) is 10.9 Å². The van der Waals surface area contributed by atoms with E-state index in [4.69, 9.17) is 9.47 Å². The second-order valence-electron chi connectivity index (χ2n) is 6.77. The summed E-state index contributed by atoms with van der Waals surface area (Å²) in [5.74, 6) is 0.296. The van der Waals surface area contributed by atoms with E-state index in [2.05, 4.69) is 10.9 Å². The van der Waals surface area contributed by atoms with Gasteiger partial charge in [-0.15, -0.1) is 0 Å². The largest absolute Gasteiger partial charge is 0.496 e. The predicted molar refractivity (Wildman–Crippen MR) is 120 cm³/mol. The third-order valence-electron chi connectivity index (χ3n) is 4.46. The lowest BCUT2D eigenvalue weighted by molar-refractivity contribution is -0.128. The van der Waals surface area contributed by atoms with Crippen molar-refractivity contribution >= 4 is 17.9 Å². The number of methoxy groups -OCH3 is 1. The molecule has 0 bridgehead atoms. The maximum atomic E-state index is 12.1. The number of hydrogen-bond donors (Lipinski definition) is 2. The first-order valence-electron chi connectivity index (χ1n) is 9.75. The Hall–Kier alpha value is -4.06. The van der Waals surface area contributed by atoms with Crippen molar-refractivity contribution < 1.29 is 19.1 Å². The standard InChI is InChI=1S/C25H24N2O4/c1-18-12-14-22(30-2)20(16-18)13-15-24(28)26-27-25(29)17-31-23-11-7-6-10-21(23)19-8-4-3-5-9-19/h3-16H,17H2,1-2H3,(H,26,28)(H,27,29)/b15-13+. The van der Waals surface area contributed by atoms with E-state index < -0.39 is 11.8 Å². The van der Waals surface area contributed by atoms with Crippen molar-refractivity contribution in [1.29, 1.82) is 0 Å². The maximum Gasteiger partial charge on any atom is 0.276 e. The van der Waals surface area contributed by atoms with Crippen molar-refractivity contribution in [3.8, 4) is 22.6 Å². The number of para-hydroxylation sites is 1. The van der Waals surface area contributed by atoms with Gasteiger partial charge in [-0.25, -0.2) is 0 Å². The fourth-order valence-corrected chi connectivity index (χ4v) is 2.95. The minimum Gasteiger partial charge on any atom is -0.496 e. The molecule has 0 saturated carbocycles. The Kier molecular flexibility index (Phi) is 7.43. The van der Waals surface area contributed by atoms with Crippen molar-refractivity contribution in [2.75, 3.05) is 13.7 Å². The zero-order valence-electron chi connectivity index (χ0n) is 17.4. The van der Waals surface area contributed by atoms with Crippen LogP contribution >= 0.6 is 0 Å². The first-order chi connectivity index (χ1) is 15.1. The molecule has 0 saturated heterocycles. The highest BCUT2D eigenvalue weighted by molar-refractivity contribution is 5.93. The molecule has 0 aromatic heterocycles. The van der Waals surface area contributed by atoms with E-state index in [0.29, 0.717) is 11.5 Å². The Balaban J connectivity index is 1.52. The quantitative estimate of drug-likeness (QED) is 0.452. The molecule has 0 fully saturated rings. The Morgan fingerprint density at radius 1 is 0.903 bits per heavy atom. The van der Waals surface area contributed by atoms with Crippen molar-refractivity contribution in [2.45, 2.75) is 6.92 Å². The molecule has 0 aliphatic carbocycles. The molecular formula is C25H24N2O4. The molecule has 3 aromatic carbocycles. The topological polar surface area (TPSA) is 76.7 Å². The number of nitrogens with one attached hydrogen (secondary N) is 2. The summed E-state index contributed by atoms with van der Waals surface area (Å²) >= 11 is 0. The summed E-state index contributed by atoms with van der Waals surface area (Å²) in [7, 11) is 1.57. The van der Waals surface area contributed by atoms with Crippen LogP contribution in [0.3, 0.4) is 0 Å². The van der Waals surface area contributed by atoms with Crippen LogP contribution in [0.4, 0.5) is 0 Å². The summed E-state index contributed by atoms with van der Waals surface area (Å²) in [6.07, 6.45) is 2.95. The number of hydrazine groups is 1. The van der Waals surface area contributed by atoms with Crippen LogP contribution in [0.25, 0.3) is 17.2 Å². The van der Waals surface area contributed by atoms with E-state index in [1.54, 1.807) is 19.3 Å². The molecule has 158 valence electrons. The van der Waals surface area contributed by atoms with Gasteiger partial charge in [0.15, 0.2) is 6.61 Å². The highest BCUT2D eigenvalue weighted by atomic mass is 16.5. The van der Waals surface area contributed by atoms with Gasteiger partial charge in [0.25, 0.3) is 11.8 Å². The molecule has 6 heteroatoms. The van der Waals surface area contributed by atoms with E-state index in [0.717, 1.165) is 22.3 Å². The lowest BCUT2D eigenvalue weighted by atomic mass is 10.1. The second-order valence-corrected chi connectivity index (χ2v) is 6.77. The van der Waals surface area contributed by atoms with Crippen LogP contribution in [-0.4, -0.2) is 25.5 Å².